The van der Waals surface area contributed by atoms with E-state index in [1.807, 2.05) is 30.3 Å². The van der Waals surface area contributed by atoms with Crippen molar-refractivity contribution in [3.8, 4) is 17.0 Å². The molecule has 3 N–H and O–H groups in total. The number of carbonyl (C=O) groups excluding carboxylic acids is 1. The van der Waals surface area contributed by atoms with Gasteiger partial charge in [0.2, 0.25) is 0 Å². The monoisotopic (exact) mass is 665 g/mol. The Hall–Kier alpha value is -4.32. The average Bonchev–Trinajstić information content (AvgIpc) is 3.07. The summed E-state index contributed by atoms with van der Waals surface area (Å²) in [5.74, 6) is -0.0639. The van der Waals surface area contributed by atoms with Gasteiger partial charge in [0.05, 0.1) is 18.4 Å². The minimum absolute atomic E-state index is 0.100. The molecule has 0 saturated carbocycles. The normalized spacial score (nSPS) is 17.8. The summed E-state index contributed by atoms with van der Waals surface area (Å²) in [6.07, 6.45) is -1.08. The van der Waals surface area contributed by atoms with Crippen molar-refractivity contribution in [1.82, 2.24) is 19.8 Å². The number of alkyl halides is 3. The molecule has 1 atom stereocenters. The number of carbonyl (C=O) groups is 1. The number of nitrogens with zero attached hydrogens (tertiary/aromatic N) is 5. The number of aromatic nitrogens is 2. The van der Waals surface area contributed by atoms with Gasteiger partial charge in [-0.3, -0.25) is 4.79 Å². The smallest absolute Gasteiger partial charge is 0.455 e. The number of pyridine rings is 2. The van der Waals surface area contributed by atoms with Crippen molar-refractivity contribution in [3.05, 3.63) is 66.2 Å². The summed E-state index contributed by atoms with van der Waals surface area (Å²) in [4.78, 5) is 28.0. The fraction of sp³-hybridized carbons (Fsp3) is 0.472. The van der Waals surface area contributed by atoms with Crippen LogP contribution in [0.3, 0.4) is 0 Å². The highest BCUT2D eigenvalue weighted by molar-refractivity contribution is 6.03. The second-order valence-electron chi connectivity index (χ2n) is 13.1. The molecule has 0 bridgehead atoms. The van der Waals surface area contributed by atoms with Gasteiger partial charge in [-0.15, -0.1) is 0 Å². The predicted molar refractivity (Wildman–Crippen MR) is 185 cm³/mol. The molecule has 12 heteroatoms. The van der Waals surface area contributed by atoms with E-state index in [1.165, 1.54) is 6.07 Å². The fourth-order valence-electron chi connectivity index (χ4n) is 6.67. The third-order valence-electron chi connectivity index (χ3n) is 9.44. The minimum Gasteiger partial charge on any atom is -0.496 e. The number of anilines is 3. The van der Waals surface area contributed by atoms with Crippen LogP contribution < -0.4 is 20.7 Å². The van der Waals surface area contributed by atoms with Crippen LogP contribution in [0.4, 0.5) is 30.6 Å². The molecule has 3 aromatic rings. The first-order chi connectivity index (χ1) is 22.8. The van der Waals surface area contributed by atoms with E-state index in [2.05, 4.69) is 58.5 Å². The Balaban J connectivity index is 1.39. The third-order valence-corrected chi connectivity index (χ3v) is 9.44. The number of benzene rings is 1. The van der Waals surface area contributed by atoms with E-state index in [-0.39, 0.29) is 6.04 Å². The van der Waals surface area contributed by atoms with E-state index in [9.17, 15) is 18.0 Å². The zero-order valence-electron chi connectivity index (χ0n) is 28.2. The minimum atomic E-state index is -5.03. The van der Waals surface area contributed by atoms with Crippen molar-refractivity contribution in [3.63, 3.8) is 0 Å². The molecule has 2 aromatic heterocycles. The van der Waals surface area contributed by atoms with Gasteiger partial charge in [0.15, 0.2) is 0 Å². The Bertz CT molecular complexity index is 1600. The Labute approximate surface area is 281 Å². The van der Waals surface area contributed by atoms with Crippen LogP contribution in [0.25, 0.3) is 17.0 Å². The number of hydrogen-bond donors (Lipinski definition) is 2. The summed E-state index contributed by atoms with van der Waals surface area (Å²) in [5.41, 5.74) is 8.61. The van der Waals surface area contributed by atoms with Gasteiger partial charge in [0.1, 0.15) is 23.2 Å². The van der Waals surface area contributed by atoms with Gasteiger partial charge < -0.3 is 30.5 Å². The number of nitrogens with one attached hydrogen (secondary N) is 1. The Morgan fingerprint density at radius 2 is 1.77 bits per heavy atom. The molecule has 2 aliphatic rings. The maximum absolute atomic E-state index is 13.0. The fourth-order valence-corrected chi connectivity index (χ4v) is 6.67. The van der Waals surface area contributed by atoms with Gasteiger partial charge in [-0.05, 0) is 94.9 Å². The number of halogens is 3. The highest BCUT2D eigenvalue weighted by Crippen LogP contribution is 2.35. The quantitative estimate of drug-likeness (QED) is 0.220. The van der Waals surface area contributed by atoms with Gasteiger partial charge in [0, 0.05) is 55.6 Å². The summed E-state index contributed by atoms with van der Waals surface area (Å²) in [7, 11) is 3.74. The van der Waals surface area contributed by atoms with E-state index in [0.29, 0.717) is 24.3 Å². The third kappa shape index (κ3) is 8.03. The van der Waals surface area contributed by atoms with Crippen LogP contribution in [0.1, 0.15) is 55.5 Å². The zero-order valence-corrected chi connectivity index (χ0v) is 28.2. The topological polar surface area (TPSA) is 99.8 Å². The average molecular weight is 666 g/mol. The molecule has 0 aliphatic carbocycles. The second kappa shape index (κ2) is 14.8. The van der Waals surface area contributed by atoms with Gasteiger partial charge >= 0.3 is 6.18 Å². The van der Waals surface area contributed by atoms with Gasteiger partial charge in [-0.2, -0.15) is 13.2 Å². The van der Waals surface area contributed by atoms with Crippen LogP contribution in [0.15, 0.2) is 55.1 Å². The summed E-state index contributed by atoms with van der Waals surface area (Å²) in [6.45, 7) is 13.5. The molecule has 258 valence electrons. The number of methoxy groups -OCH3 is 1. The summed E-state index contributed by atoms with van der Waals surface area (Å²) in [6, 6.07) is 14.8. The van der Waals surface area contributed by atoms with Gasteiger partial charge in [0.25, 0.3) is 5.78 Å². The maximum atomic E-state index is 13.0. The van der Waals surface area contributed by atoms with Crippen LogP contribution in [0, 0.1) is 5.92 Å². The lowest BCUT2D eigenvalue weighted by atomic mass is 9.95. The SMILES string of the molecule is C=C(c1ccc(-c2ccccc2OC)nc1N1CCCC(Nc2ccc(C(=O)C(F)(F)F)c(N)n2)C1)N(C)CC1CCN(C(C)C)CC1. The first-order valence-electron chi connectivity index (χ1n) is 16.5. The number of para-hydroxylation sites is 1. The largest absolute Gasteiger partial charge is 0.496 e. The molecule has 2 fully saturated rings. The summed E-state index contributed by atoms with van der Waals surface area (Å²) < 4.78 is 44.6. The van der Waals surface area contributed by atoms with Crippen molar-refractivity contribution >= 4 is 28.9 Å². The predicted octanol–water partition coefficient (Wildman–Crippen LogP) is 6.58. The first kappa shape index (κ1) is 35.0. The maximum Gasteiger partial charge on any atom is 0.455 e. The lowest BCUT2D eigenvalue weighted by molar-refractivity contribution is -0.0884. The molecule has 2 aliphatic heterocycles. The number of hydrogen-bond acceptors (Lipinski definition) is 9. The number of likely N-dealkylation sites (tertiary alicyclic amines) is 1. The lowest BCUT2D eigenvalue weighted by Crippen LogP contribution is -2.43. The number of rotatable bonds is 11. The lowest BCUT2D eigenvalue weighted by Gasteiger charge is -2.38. The van der Waals surface area contributed by atoms with Gasteiger partial charge in [-0.1, -0.05) is 18.7 Å². The summed E-state index contributed by atoms with van der Waals surface area (Å²) >= 11 is 0. The van der Waals surface area contributed by atoms with Crippen LogP contribution >= 0.6 is 0 Å². The van der Waals surface area contributed by atoms with Crippen molar-refractivity contribution in [2.75, 3.05) is 62.8 Å². The molecule has 0 spiro atoms. The molecule has 5 rings (SSSR count). The number of piperidine rings is 2. The Morgan fingerprint density at radius 3 is 2.44 bits per heavy atom. The highest BCUT2D eigenvalue weighted by Gasteiger charge is 2.40. The molecule has 2 saturated heterocycles. The molecule has 48 heavy (non-hydrogen) atoms. The first-order valence-corrected chi connectivity index (χ1v) is 16.5. The van der Waals surface area contributed by atoms with E-state index in [4.69, 9.17) is 15.5 Å². The summed E-state index contributed by atoms with van der Waals surface area (Å²) in [5, 5.41) is 3.32. The van der Waals surface area contributed by atoms with E-state index >= 15 is 0 Å². The number of ketones is 1. The molecule has 0 amide bonds. The number of nitrogens with two attached hydrogens (primary N) is 1. The van der Waals surface area contributed by atoms with Gasteiger partial charge in [-0.25, -0.2) is 9.97 Å². The van der Waals surface area contributed by atoms with Crippen molar-refractivity contribution < 1.29 is 22.7 Å². The molecule has 1 unspecified atom stereocenters. The molecule has 1 aromatic carbocycles. The van der Waals surface area contributed by atoms with E-state index in [1.54, 1.807) is 7.11 Å². The van der Waals surface area contributed by atoms with Crippen LogP contribution in [-0.2, 0) is 0 Å². The number of nitrogen functional groups attached to an aromatic ring is 1. The highest BCUT2D eigenvalue weighted by atomic mass is 19.4. The van der Waals surface area contributed by atoms with Crippen LogP contribution in [-0.4, -0.2) is 90.7 Å². The number of ether oxygens (including phenoxy) is 1. The van der Waals surface area contributed by atoms with Crippen molar-refractivity contribution in [2.24, 2.45) is 5.92 Å². The number of Topliss-reactive ketones (excluding diaryl/α,β-unsaturated/α-hetero) is 1. The molecular weight excluding hydrogens is 619 g/mol. The zero-order chi connectivity index (χ0) is 34.6. The van der Waals surface area contributed by atoms with Crippen molar-refractivity contribution in [1.29, 1.82) is 0 Å². The Kier molecular flexibility index (Phi) is 10.8. The molecular formula is C36H46F3N7O2. The van der Waals surface area contributed by atoms with E-state index < -0.39 is 23.3 Å². The standard InChI is InChI=1S/C36H46F3N7O2/c1-23(2)45-19-16-25(17-20-45)21-44(4)24(3)27-12-14-30(28-10-6-7-11-31(28)48-5)42-35(27)46-18-8-9-26(22-46)41-32-15-13-29(34(40)43-32)33(47)36(37,38)39/h6-7,10-15,23,25-26H,3,8-9,16-22H2,1-2,4-5H3,(H3,40,41,43). The molecule has 0 radical (unpaired) electrons. The Morgan fingerprint density at radius 1 is 1.06 bits per heavy atom. The second-order valence-corrected chi connectivity index (χ2v) is 13.1. The molecule has 4 heterocycles. The van der Waals surface area contributed by atoms with E-state index in [0.717, 1.165) is 92.0 Å². The van der Waals surface area contributed by atoms with Crippen LogP contribution in [0.2, 0.25) is 0 Å². The van der Waals surface area contributed by atoms with Crippen LogP contribution in [0.5, 0.6) is 5.75 Å². The van der Waals surface area contributed by atoms with Crippen molar-refractivity contribution in [2.45, 2.75) is 57.8 Å². The molecule has 9 nitrogen and oxygen atoms in total.